The number of ether oxygens (including phenoxy) is 1. The molecule has 3 rings (SSSR count). The predicted molar refractivity (Wildman–Crippen MR) is 105 cm³/mol. The Labute approximate surface area is 164 Å². The second-order valence-corrected chi connectivity index (χ2v) is 7.15. The van der Waals surface area contributed by atoms with E-state index >= 15 is 0 Å². The van der Waals surface area contributed by atoms with E-state index in [0.29, 0.717) is 36.1 Å². The zero-order valence-electron chi connectivity index (χ0n) is 16.1. The van der Waals surface area contributed by atoms with Crippen LogP contribution in [0.1, 0.15) is 22.9 Å². The van der Waals surface area contributed by atoms with E-state index in [2.05, 4.69) is 15.2 Å². The molecule has 2 heterocycles. The van der Waals surface area contributed by atoms with Gasteiger partial charge >= 0.3 is 6.03 Å². The van der Waals surface area contributed by atoms with Gasteiger partial charge in [-0.15, -0.1) is 0 Å². The van der Waals surface area contributed by atoms with Gasteiger partial charge in [0.15, 0.2) is 0 Å². The summed E-state index contributed by atoms with van der Waals surface area (Å²) in [5, 5.41) is 3.35. The van der Waals surface area contributed by atoms with E-state index in [4.69, 9.17) is 20.8 Å². The number of halogens is 1. The van der Waals surface area contributed by atoms with Crippen LogP contribution in [0.5, 0.6) is 5.75 Å². The molecule has 27 heavy (non-hydrogen) atoms. The lowest BCUT2D eigenvalue weighted by Gasteiger charge is -2.34. The first kappa shape index (κ1) is 19.5. The van der Waals surface area contributed by atoms with Gasteiger partial charge in [-0.25, -0.2) is 9.78 Å². The van der Waals surface area contributed by atoms with E-state index in [1.807, 2.05) is 26.8 Å². The fourth-order valence-corrected chi connectivity index (χ4v) is 3.28. The van der Waals surface area contributed by atoms with E-state index in [1.54, 1.807) is 18.1 Å². The topological polar surface area (TPSA) is 70.8 Å². The van der Waals surface area contributed by atoms with Gasteiger partial charge in [0.2, 0.25) is 5.89 Å². The van der Waals surface area contributed by atoms with E-state index in [-0.39, 0.29) is 6.03 Å². The lowest BCUT2D eigenvalue weighted by atomic mass is 10.2. The molecule has 2 amide bonds. The van der Waals surface area contributed by atoms with Crippen molar-refractivity contribution in [2.24, 2.45) is 0 Å². The summed E-state index contributed by atoms with van der Waals surface area (Å²) in [6.07, 6.45) is 0. The largest absolute Gasteiger partial charge is 0.496 e. The summed E-state index contributed by atoms with van der Waals surface area (Å²) in [7, 11) is 1.59. The Balaban J connectivity index is 1.55. The van der Waals surface area contributed by atoms with Crippen LogP contribution in [0.15, 0.2) is 16.5 Å². The summed E-state index contributed by atoms with van der Waals surface area (Å²) in [4.78, 5) is 21.0. The third-order valence-corrected chi connectivity index (χ3v) is 5.13. The maximum absolute atomic E-state index is 12.6. The smallest absolute Gasteiger partial charge is 0.321 e. The van der Waals surface area contributed by atoms with Gasteiger partial charge in [-0.05, 0) is 32.4 Å². The summed E-state index contributed by atoms with van der Waals surface area (Å²) in [6.45, 7) is 9.24. The van der Waals surface area contributed by atoms with Crippen LogP contribution in [0.2, 0.25) is 5.02 Å². The van der Waals surface area contributed by atoms with Gasteiger partial charge in [-0.1, -0.05) is 11.6 Å². The van der Waals surface area contributed by atoms with E-state index in [0.717, 1.165) is 36.0 Å². The van der Waals surface area contributed by atoms with Crippen molar-refractivity contribution in [2.45, 2.75) is 27.3 Å². The van der Waals surface area contributed by atoms with Crippen LogP contribution < -0.4 is 10.1 Å². The normalized spacial score (nSPS) is 15.1. The molecule has 0 spiro atoms. The molecule has 8 heteroatoms. The number of oxazole rings is 1. The van der Waals surface area contributed by atoms with Gasteiger partial charge in [0.1, 0.15) is 11.5 Å². The van der Waals surface area contributed by atoms with Crippen molar-refractivity contribution >= 4 is 23.3 Å². The molecule has 1 saturated heterocycles. The van der Waals surface area contributed by atoms with Crippen LogP contribution in [0.25, 0.3) is 0 Å². The van der Waals surface area contributed by atoms with Crippen molar-refractivity contribution in [3.63, 3.8) is 0 Å². The minimum absolute atomic E-state index is 0.149. The first-order chi connectivity index (χ1) is 12.9. The van der Waals surface area contributed by atoms with Crippen LogP contribution in [-0.2, 0) is 6.54 Å². The summed E-state index contributed by atoms with van der Waals surface area (Å²) < 4.78 is 10.9. The molecule has 0 saturated carbocycles. The van der Waals surface area contributed by atoms with Crippen molar-refractivity contribution in [3.8, 4) is 5.75 Å². The molecule has 7 nitrogen and oxygen atoms in total. The zero-order chi connectivity index (χ0) is 19.6. The first-order valence-electron chi connectivity index (χ1n) is 8.92. The maximum atomic E-state index is 12.6. The average molecular weight is 393 g/mol. The minimum atomic E-state index is -0.149. The molecular weight excluding hydrogens is 368 g/mol. The standard InChI is InChI=1S/C19H25ClN4O3/c1-12-9-16(15(20)10-17(12)26-4)22-19(25)24-7-5-23(6-8-24)11-18-21-13(2)14(3)27-18/h9-10H,5-8,11H2,1-4H3,(H,22,25). The fraction of sp³-hybridized carbons (Fsp3) is 0.474. The number of benzene rings is 1. The number of hydrogen-bond acceptors (Lipinski definition) is 5. The number of carbonyl (C=O) groups excluding carboxylic acids is 1. The highest BCUT2D eigenvalue weighted by molar-refractivity contribution is 6.33. The summed E-state index contributed by atoms with van der Waals surface area (Å²) in [5.41, 5.74) is 2.43. The van der Waals surface area contributed by atoms with Gasteiger partial charge in [0.25, 0.3) is 0 Å². The highest BCUT2D eigenvalue weighted by Crippen LogP contribution is 2.30. The number of aromatic nitrogens is 1. The molecule has 0 radical (unpaired) electrons. The second kappa shape index (κ2) is 8.19. The molecule has 0 unspecified atom stereocenters. The molecule has 1 aliphatic rings. The van der Waals surface area contributed by atoms with Crippen molar-refractivity contribution in [1.29, 1.82) is 0 Å². The molecule has 0 aliphatic carbocycles. The van der Waals surface area contributed by atoms with Gasteiger partial charge in [-0.2, -0.15) is 0 Å². The van der Waals surface area contributed by atoms with Crippen LogP contribution in [-0.4, -0.2) is 54.1 Å². The first-order valence-corrected chi connectivity index (χ1v) is 9.30. The van der Waals surface area contributed by atoms with Crippen LogP contribution >= 0.6 is 11.6 Å². The van der Waals surface area contributed by atoms with Crippen LogP contribution in [0.4, 0.5) is 10.5 Å². The van der Waals surface area contributed by atoms with Crippen molar-refractivity contribution in [1.82, 2.24) is 14.8 Å². The SMILES string of the molecule is COc1cc(Cl)c(NC(=O)N2CCN(Cc3nc(C)c(C)o3)CC2)cc1C. The van der Waals surface area contributed by atoms with Crippen LogP contribution in [0.3, 0.4) is 0 Å². The predicted octanol–water partition coefficient (Wildman–Crippen LogP) is 3.61. The van der Waals surface area contributed by atoms with Crippen molar-refractivity contribution < 1.29 is 13.9 Å². The summed E-state index contributed by atoms with van der Waals surface area (Å²) in [5.74, 6) is 2.28. The Bertz CT molecular complexity index is 809. The fourth-order valence-electron chi connectivity index (χ4n) is 3.08. The van der Waals surface area contributed by atoms with Gasteiger partial charge in [-0.3, -0.25) is 4.90 Å². The number of methoxy groups -OCH3 is 1. The van der Waals surface area contributed by atoms with Gasteiger partial charge < -0.3 is 19.4 Å². The molecule has 146 valence electrons. The number of nitrogens with one attached hydrogen (secondary N) is 1. The third kappa shape index (κ3) is 4.54. The number of rotatable bonds is 4. The van der Waals surface area contributed by atoms with E-state index < -0.39 is 0 Å². The molecule has 1 aromatic heterocycles. The Morgan fingerprint density at radius 2 is 1.96 bits per heavy atom. The monoisotopic (exact) mass is 392 g/mol. The molecular formula is C19H25ClN4O3. The van der Waals surface area contributed by atoms with Crippen LogP contribution in [0, 0.1) is 20.8 Å². The molecule has 0 bridgehead atoms. The highest BCUT2D eigenvalue weighted by Gasteiger charge is 2.23. The lowest BCUT2D eigenvalue weighted by Crippen LogP contribution is -2.49. The second-order valence-electron chi connectivity index (χ2n) is 6.74. The molecule has 1 N–H and O–H groups in total. The highest BCUT2D eigenvalue weighted by atomic mass is 35.5. The van der Waals surface area contributed by atoms with Crippen molar-refractivity contribution in [2.75, 3.05) is 38.6 Å². The van der Waals surface area contributed by atoms with E-state index in [1.165, 1.54) is 0 Å². The quantitative estimate of drug-likeness (QED) is 0.860. The lowest BCUT2D eigenvalue weighted by molar-refractivity contribution is 0.135. The Morgan fingerprint density at radius 3 is 2.56 bits per heavy atom. The Morgan fingerprint density at radius 1 is 1.26 bits per heavy atom. The zero-order valence-corrected chi connectivity index (χ0v) is 16.9. The number of urea groups is 1. The molecule has 2 aromatic rings. The van der Waals surface area contributed by atoms with Gasteiger partial charge in [0.05, 0.1) is 30.1 Å². The average Bonchev–Trinajstić information content (AvgIpc) is 2.95. The number of anilines is 1. The summed E-state index contributed by atoms with van der Waals surface area (Å²) >= 11 is 6.25. The Kier molecular flexibility index (Phi) is 5.92. The molecule has 1 aromatic carbocycles. The molecule has 1 aliphatic heterocycles. The molecule has 1 fully saturated rings. The number of amides is 2. The number of carbonyl (C=O) groups is 1. The molecule has 0 atom stereocenters. The minimum Gasteiger partial charge on any atom is -0.496 e. The summed E-state index contributed by atoms with van der Waals surface area (Å²) in [6, 6.07) is 3.39. The number of aryl methyl sites for hydroxylation is 3. The number of hydrogen-bond donors (Lipinski definition) is 1. The number of nitrogens with zero attached hydrogens (tertiary/aromatic N) is 3. The van der Waals surface area contributed by atoms with Gasteiger partial charge in [0, 0.05) is 32.2 Å². The Hall–Kier alpha value is -2.25. The third-order valence-electron chi connectivity index (χ3n) is 4.82. The maximum Gasteiger partial charge on any atom is 0.321 e. The van der Waals surface area contributed by atoms with E-state index in [9.17, 15) is 4.79 Å². The number of piperazine rings is 1. The van der Waals surface area contributed by atoms with Crippen molar-refractivity contribution in [3.05, 3.63) is 40.1 Å².